The maximum absolute atomic E-state index is 6.66. The Kier molecular flexibility index (Phi) is 11.3. The molecule has 4 aliphatic heterocycles. The second-order valence-electron chi connectivity index (χ2n) is 11.4. The highest BCUT2D eigenvalue weighted by atomic mass is 17.4. The highest BCUT2D eigenvalue weighted by molar-refractivity contribution is 4.68. The summed E-state index contributed by atoms with van der Waals surface area (Å²) in [5, 5.41) is 0. The molecule has 0 aromatic heterocycles. The maximum atomic E-state index is 6.66. The summed E-state index contributed by atoms with van der Waals surface area (Å²) in [6.07, 6.45) is 3.75. The van der Waals surface area contributed by atoms with Gasteiger partial charge in [0.1, 0.15) is 46.5 Å². The second-order valence-corrected chi connectivity index (χ2v) is 11.4. The van der Waals surface area contributed by atoms with Crippen LogP contribution in [0.5, 0.6) is 0 Å². The number of hydrogen-bond donors (Lipinski definition) is 0. The first kappa shape index (κ1) is 31.4. The summed E-state index contributed by atoms with van der Waals surface area (Å²) < 4.78 is 33.0. The highest BCUT2D eigenvalue weighted by Crippen LogP contribution is 2.31. The molecule has 0 saturated carbocycles. The Morgan fingerprint density at radius 1 is 0.513 bits per heavy atom. The van der Waals surface area contributed by atoms with Crippen molar-refractivity contribution in [3.05, 3.63) is 0 Å². The Labute approximate surface area is 232 Å². The Balaban J connectivity index is 1.39. The van der Waals surface area contributed by atoms with Crippen LogP contribution in [0.1, 0.15) is 32.6 Å². The minimum atomic E-state index is -0.185. The van der Waals surface area contributed by atoms with Crippen molar-refractivity contribution in [2.24, 2.45) is 0 Å². The number of quaternary nitrogens is 4. The van der Waals surface area contributed by atoms with Crippen molar-refractivity contribution in [3.63, 3.8) is 0 Å². The molecular weight excluding hydrogens is 516 g/mol. The van der Waals surface area contributed by atoms with E-state index in [1.165, 1.54) is 0 Å². The molecule has 4 fully saturated rings. The monoisotopic (exact) mass is 568 g/mol. The summed E-state index contributed by atoms with van der Waals surface area (Å²) in [5.41, 5.74) is 0. The molecule has 5 atom stereocenters. The van der Waals surface area contributed by atoms with Crippen LogP contribution in [0.4, 0.5) is 0 Å². The average molecular weight is 569 g/mol. The third-order valence-electron chi connectivity index (χ3n) is 6.69. The van der Waals surface area contributed by atoms with Gasteiger partial charge < -0.3 is 28.4 Å². The first-order valence-electron chi connectivity index (χ1n) is 14.5. The van der Waals surface area contributed by atoms with Crippen molar-refractivity contribution in [2.75, 3.05) is 114 Å². The molecule has 0 spiro atoms. The number of ether oxygens (including phenoxy) is 6. The fourth-order valence-electron chi connectivity index (χ4n) is 4.75. The zero-order valence-corrected chi connectivity index (χ0v) is 24.6. The molecule has 0 aromatic carbocycles. The molecule has 14 nitrogen and oxygen atoms in total. The van der Waals surface area contributed by atoms with E-state index < -0.39 is 0 Å². The predicted octanol–water partition coefficient (Wildman–Crippen LogP) is 0.999. The summed E-state index contributed by atoms with van der Waals surface area (Å²) >= 11 is 0. The van der Waals surface area contributed by atoms with E-state index in [2.05, 4.69) is 6.92 Å². The van der Waals surface area contributed by atoms with E-state index in [4.69, 9.17) is 48.2 Å². The van der Waals surface area contributed by atoms with Crippen molar-refractivity contribution in [3.8, 4) is 0 Å². The lowest BCUT2D eigenvalue weighted by molar-refractivity contribution is -1.66. The van der Waals surface area contributed by atoms with Crippen molar-refractivity contribution < 1.29 is 67.4 Å². The van der Waals surface area contributed by atoms with E-state index in [-0.39, 0.29) is 37.6 Å². The van der Waals surface area contributed by atoms with E-state index >= 15 is 0 Å². The fraction of sp³-hybridized carbons (Fsp3) is 1.00. The van der Waals surface area contributed by atoms with Crippen LogP contribution in [0.2, 0.25) is 0 Å². The van der Waals surface area contributed by atoms with Crippen molar-refractivity contribution in [2.45, 2.75) is 50.9 Å². The molecule has 0 N–H and O–H groups in total. The highest BCUT2D eigenvalue weighted by Gasteiger charge is 2.60. The molecule has 0 aromatic rings. The normalized spacial score (nSPS) is 39.8. The quantitative estimate of drug-likeness (QED) is 0.120. The third kappa shape index (κ3) is 11.7. The molecule has 0 radical (unpaired) electrons. The minimum Gasteiger partial charge on any atom is -0.378 e. The molecular formula is C25H52N4O10+4. The lowest BCUT2D eigenvalue weighted by atomic mass is 10.4. The number of hydrogen-bond acceptors (Lipinski definition) is 10. The SMILES string of the molecule is CCC[N+]1(C)O[N+](C)(CCCOCC2CO2)O[N+](C)(CCCOCC2CO2)O[N+](C)(CCCOCC2CO2)O1. The van der Waals surface area contributed by atoms with E-state index in [0.29, 0.717) is 65.8 Å². The lowest BCUT2D eigenvalue weighted by Crippen LogP contribution is -2.72. The molecule has 0 bridgehead atoms. The molecule has 39 heavy (non-hydrogen) atoms. The Morgan fingerprint density at radius 3 is 1.05 bits per heavy atom. The van der Waals surface area contributed by atoms with Gasteiger partial charge in [0.2, 0.25) is 0 Å². The van der Waals surface area contributed by atoms with Gasteiger partial charge in [-0.05, 0) is 0 Å². The van der Waals surface area contributed by atoms with Crippen molar-refractivity contribution in [1.29, 1.82) is 0 Å². The molecule has 0 amide bonds. The predicted molar refractivity (Wildman–Crippen MR) is 134 cm³/mol. The van der Waals surface area contributed by atoms with Gasteiger partial charge in [-0.1, -0.05) is 6.92 Å². The lowest BCUT2D eigenvalue weighted by Gasteiger charge is -2.42. The topological polar surface area (TPSA) is 102 Å². The zero-order valence-electron chi connectivity index (χ0n) is 24.6. The standard InChI is InChI=1S/C25H52N4O10/c1-6-10-26(2)36-27(3,11-7-14-30-17-23-20-33-23)38-29(5,13-9-16-32-19-25-22-35-25)39-28(4,37-26)12-8-15-31-18-24-21-34-24/h23-25H,6-22H2,1-5H3/q+4. The average Bonchev–Trinajstić information content (AvgIpc) is 3.68. The number of rotatable bonds is 20. The molecule has 4 aliphatic rings. The summed E-state index contributed by atoms with van der Waals surface area (Å²) in [5.74, 6) is 0. The third-order valence-corrected chi connectivity index (χ3v) is 6.69. The van der Waals surface area contributed by atoms with Gasteiger partial charge in [-0.3, -0.25) is 0 Å². The van der Waals surface area contributed by atoms with Crippen LogP contribution in [0.15, 0.2) is 0 Å². The minimum absolute atomic E-state index is 0.137. The van der Waals surface area contributed by atoms with Crippen LogP contribution in [0.3, 0.4) is 0 Å². The molecule has 4 saturated heterocycles. The van der Waals surface area contributed by atoms with Gasteiger partial charge in [-0.25, -0.2) is 0 Å². The van der Waals surface area contributed by atoms with Crippen LogP contribution < -0.4 is 0 Å². The summed E-state index contributed by atoms with van der Waals surface area (Å²) in [4.78, 5) is 25.9. The Bertz CT molecular complexity index is 702. The summed E-state index contributed by atoms with van der Waals surface area (Å²) in [7, 11) is 7.57. The summed E-state index contributed by atoms with van der Waals surface area (Å²) in [6.45, 7) is 10.3. The fourth-order valence-corrected chi connectivity index (χ4v) is 4.75. The zero-order chi connectivity index (χ0) is 27.8. The Morgan fingerprint density at radius 2 is 0.795 bits per heavy atom. The first-order chi connectivity index (χ1) is 18.6. The molecule has 228 valence electrons. The van der Waals surface area contributed by atoms with E-state index in [1.54, 1.807) is 0 Å². The van der Waals surface area contributed by atoms with Crippen LogP contribution >= 0.6 is 0 Å². The molecule has 5 unspecified atom stereocenters. The largest absolute Gasteiger partial charge is 0.378 e. The first-order valence-corrected chi connectivity index (χ1v) is 14.5. The summed E-state index contributed by atoms with van der Waals surface area (Å²) in [6, 6.07) is 0. The van der Waals surface area contributed by atoms with Crippen LogP contribution in [0.25, 0.3) is 0 Å². The van der Waals surface area contributed by atoms with Gasteiger partial charge in [0.25, 0.3) is 0 Å². The van der Waals surface area contributed by atoms with Gasteiger partial charge in [0.15, 0.2) is 26.2 Å². The molecule has 4 heterocycles. The van der Waals surface area contributed by atoms with Crippen molar-refractivity contribution >= 4 is 0 Å². The van der Waals surface area contributed by atoms with Gasteiger partial charge in [0.05, 0.1) is 98.5 Å². The van der Waals surface area contributed by atoms with Gasteiger partial charge in [-0.15, -0.1) is 0 Å². The van der Waals surface area contributed by atoms with E-state index in [1.807, 2.05) is 28.2 Å². The number of hydroxylamine groups is 16. The van der Waals surface area contributed by atoms with Gasteiger partial charge in [-0.2, -0.15) is 0 Å². The molecule has 4 rings (SSSR count). The number of nitrogens with zero attached hydrogens (tertiary/aromatic N) is 4. The molecule has 14 heteroatoms. The van der Waals surface area contributed by atoms with Crippen LogP contribution in [-0.4, -0.2) is 151 Å². The smallest absolute Gasteiger partial charge is 0.156 e. The second kappa shape index (κ2) is 14.1. The van der Waals surface area contributed by atoms with Gasteiger partial charge in [0, 0.05) is 25.7 Å². The van der Waals surface area contributed by atoms with E-state index in [0.717, 1.165) is 45.5 Å². The molecule has 0 aliphatic carbocycles. The van der Waals surface area contributed by atoms with Crippen molar-refractivity contribution in [1.82, 2.24) is 0 Å². The Hall–Kier alpha value is -0.560. The van der Waals surface area contributed by atoms with Gasteiger partial charge >= 0.3 is 0 Å². The van der Waals surface area contributed by atoms with Crippen LogP contribution in [0, 0.1) is 0 Å². The maximum Gasteiger partial charge on any atom is 0.156 e. The van der Waals surface area contributed by atoms with Crippen LogP contribution in [-0.2, 0) is 48.2 Å². The van der Waals surface area contributed by atoms with E-state index in [9.17, 15) is 0 Å². The number of epoxide rings is 3.